The van der Waals surface area contributed by atoms with E-state index < -0.39 is 0 Å². The molecule has 0 fully saturated rings. The SMILES string of the molecule is [Li][C](C)(c1ccc(Cl)cc1Cl)n1ccnc1. The van der Waals surface area contributed by atoms with Crippen LogP contribution in [0.15, 0.2) is 36.9 Å². The second-order valence-electron chi connectivity index (χ2n) is 4.15. The van der Waals surface area contributed by atoms with E-state index in [1.165, 1.54) is 0 Å². The van der Waals surface area contributed by atoms with Gasteiger partial charge in [0.25, 0.3) is 0 Å². The Hall–Kier alpha value is -0.393. The van der Waals surface area contributed by atoms with Crippen LogP contribution in [0.5, 0.6) is 0 Å². The monoisotopic (exact) mass is 246 g/mol. The number of halogens is 2. The number of nitrogens with zero attached hydrogens (tertiary/aromatic N) is 2. The van der Waals surface area contributed by atoms with Gasteiger partial charge < -0.3 is 0 Å². The second-order valence-corrected chi connectivity index (χ2v) is 5.00. The average Bonchev–Trinajstić information content (AvgIpc) is 2.69. The summed E-state index contributed by atoms with van der Waals surface area (Å²) in [6.45, 7) is 2.09. The maximum atomic E-state index is 6.21. The Balaban J connectivity index is 2.51. The number of rotatable bonds is 2. The standard InChI is InChI=1S/C11H9Cl2N2.Li/c1-8(15-5-4-14-7-15)10-3-2-9(12)6-11(10)13;/h2-7H,1H3;. The fraction of sp³-hybridized carbons (Fsp3) is 0.182. The van der Waals surface area contributed by atoms with Crippen molar-refractivity contribution in [1.82, 2.24) is 9.55 Å². The molecule has 2 aromatic rings. The number of benzene rings is 1. The Kier molecular flexibility index (Phi) is 3.37. The van der Waals surface area contributed by atoms with Gasteiger partial charge in [0, 0.05) is 0 Å². The van der Waals surface area contributed by atoms with E-state index in [4.69, 9.17) is 23.2 Å². The van der Waals surface area contributed by atoms with Crippen molar-refractivity contribution in [3.05, 3.63) is 52.5 Å². The fourth-order valence-electron chi connectivity index (χ4n) is 1.71. The van der Waals surface area contributed by atoms with Gasteiger partial charge in [-0.3, -0.25) is 0 Å². The molecule has 1 aromatic carbocycles. The molecule has 0 aliphatic rings. The van der Waals surface area contributed by atoms with Crippen LogP contribution in [0.3, 0.4) is 0 Å². The van der Waals surface area contributed by atoms with Gasteiger partial charge in [0.15, 0.2) is 0 Å². The van der Waals surface area contributed by atoms with Gasteiger partial charge in [-0.1, -0.05) is 0 Å². The van der Waals surface area contributed by atoms with Gasteiger partial charge in [-0.15, -0.1) is 0 Å². The predicted octanol–water partition coefficient (Wildman–Crippen LogP) is 3.08. The summed E-state index contributed by atoms with van der Waals surface area (Å²) >= 11 is 14.2. The summed E-state index contributed by atoms with van der Waals surface area (Å²) < 4.78 is 1.78. The minimum absolute atomic E-state index is 0.238. The van der Waals surface area contributed by atoms with Crippen LogP contribution < -0.4 is 0 Å². The second kappa shape index (κ2) is 4.47. The third-order valence-electron chi connectivity index (χ3n) is 2.74. The summed E-state index contributed by atoms with van der Waals surface area (Å²) in [5.41, 5.74) is 1.02. The fourth-order valence-corrected chi connectivity index (χ4v) is 2.35. The molecule has 0 bridgehead atoms. The van der Waals surface area contributed by atoms with Crippen molar-refractivity contribution in [2.75, 3.05) is 0 Å². The summed E-state index contributed by atoms with van der Waals surface area (Å²) in [5, 5.41) is 1.32. The van der Waals surface area contributed by atoms with Crippen LogP contribution in [0.25, 0.3) is 0 Å². The number of hydrogen-bond donors (Lipinski definition) is 0. The molecule has 1 aromatic heterocycles. The van der Waals surface area contributed by atoms with Crippen LogP contribution in [-0.2, 0) is 4.21 Å². The summed E-state index contributed by atoms with van der Waals surface area (Å²) in [4.78, 5) is 4.06. The Morgan fingerprint density at radius 2 is 2.12 bits per heavy atom. The van der Waals surface area contributed by atoms with Crippen LogP contribution in [0.4, 0.5) is 0 Å². The van der Waals surface area contributed by atoms with Gasteiger partial charge in [-0.25, -0.2) is 0 Å². The molecule has 5 heteroatoms. The molecule has 0 spiro atoms. The quantitative estimate of drug-likeness (QED) is 0.745. The normalized spacial score (nSPS) is 14.8. The summed E-state index contributed by atoms with van der Waals surface area (Å²) in [5.74, 6) is 0. The first-order chi connectivity index (χ1) is 7.51. The Morgan fingerprint density at radius 3 is 2.69 bits per heavy atom. The molecule has 2 nitrogen and oxygen atoms in total. The number of aromatic nitrogens is 2. The third kappa shape index (κ3) is 2.16. The average molecular weight is 247 g/mol. The van der Waals surface area contributed by atoms with Gasteiger partial charge in [-0.2, -0.15) is 0 Å². The first-order valence-electron chi connectivity index (χ1n) is 4.96. The Morgan fingerprint density at radius 1 is 1.38 bits per heavy atom. The van der Waals surface area contributed by atoms with E-state index in [0.29, 0.717) is 10.0 Å². The molecule has 0 saturated heterocycles. The van der Waals surface area contributed by atoms with E-state index in [0.717, 1.165) is 5.56 Å². The van der Waals surface area contributed by atoms with Gasteiger partial charge in [-0.05, 0) is 0 Å². The molecule has 1 heterocycles. The van der Waals surface area contributed by atoms with Gasteiger partial charge in [0.2, 0.25) is 0 Å². The van der Waals surface area contributed by atoms with Crippen LogP contribution in [0.2, 0.25) is 10.0 Å². The summed E-state index contributed by atoms with van der Waals surface area (Å²) in [7, 11) is 0. The molecule has 0 saturated carbocycles. The predicted molar refractivity (Wildman–Crippen MR) is 67.2 cm³/mol. The van der Waals surface area contributed by atoms with Gasteiger partial charge >= 0.3 is 114 Å². The van der Waals surface area contributed by atoms with E-state index in [-0.39, 0.29) is 4.21 Å². The topological polar surface area (TPSA) is 17.8 Å². The third-order valence-corrected chi connectivity index (χ3v) is 3.29. The first-order valence-corrected chi connectivity index (χ1v) is 5.71. The van der Waals surface area contributed by atoms with E-state index in [9.17, 15) is 0 Å². The summed E-state index contributed by atoms with van der Waals surface area (Å²) in [6.07, 6.45) is 5.46. The van der Waals surface area contributed by atoms with Crippen LogP contribution in [0.1, 0.15) is 12.5 Å². The summed E-state index contributed by atoms with van der Waals surface area (Å²) in [6, 6.07) is 5.56. The molecule has 0 amide bonds. The zero-order chi connectivity index (χ0) is 11.8. The molecule has 1 atom stereocenters. The van der Waals surface area contributed by atoms with Crippen LogP contribution in [-0.4, -0.2) is 27.3 Å². The van der Waals surface area contributed by atoms with Crippen molar-refractivity contribution < 1.29 is 0 Å². The van der Waals surface area contributed by atoms with Crippen LogP contribution >= 0.6 is 23.2 Å². The van der Waals surface area contributed by atoms with Crippen molar-refractivity contribution >= 4 is 40.9 Å². The molecular formula is C11H9Cl2LiN2. The molecule has 16 heavy (non-hydrogen) atoms. The first kappa shape index (κ1) is 12.1. The Bertz CT molecular complexity index is 495. The van der Waals surface area contributed by atoms with Gasteiger partial charge in [0.1, 0.15) is 0 Å². The Labute approximate surface area is 114 Å². The van der Waals surface area contributed by atoms with Gasteiger partial charge in [0.05, 0.1) is 0 Å². The molecular weight excluding hydrogens is 238 g/mol. The van der Waals surface area contributed by atoms with Crippen molar-refractivity contribution in [2.45, 2.75) is 11.1 Å². The number of hydrogen-bond acceptors (Lipinski definition) is 1. The molecule has 78 valence electrons. The zero-order valence-corrected chi connectivity index (χ0v) is 10.6. The van der Waals surface area contributed by atoms with Crippen molar-refractivity contribution in [2.24, 2.45) is 0 Å². The van der Waals surface area contributed by atoms with Crippen molar-refractivity contribution in [1.29, 1.82) is 0 Å². The van der Waals surface area contributed by atoms with Crippen molar-refractivity contribution in [3.8, 4) is 0 Å². The molecule has 0 aliphatic heterocycles. The molecule has 1 unspecified atom stereocenters. The molecule has 0 N–H and O–H groups in total. The van der Waals surface area contributed by atoms with E-state index in [1.54, 1.807) is 18.6 Å². The molecule has 0 aliphatic carbocycles. The minimum atomic E-state index is -0.238. The van der Waals surface area contributed by atoms with Crippen LogP contribution in [0, 0.1) is 0 Å². The zero-order valence-electron chi connectivity index (χ0n) is 9.11. The van der Waals surface area contributed by atoms with Crippen molar-refractivity contribution in [3.63, 3.8) is 0 Å². The molecule has 0 radical (unpaired) electrons. The maximum absolute atomic E-state index is 6.21. The van der Waals surface area contributed by atoms with E-state index in [2.05, 4.69) is 29.6 Å². The van der Waals surface area contributed by atoms with E-state index >= 15 is 0 Å². The number of imidazole rings is 1. The van der Waals surface area contributed by atoms with E-state index in [1.807, 2.05) is 22.9 Å². The molecule has 2 rings (SSSR count).